The average Bonchev–Trinajstić information content (AvgIpc) is 2.90. The Kier molecular flexibility index (Phi) is 3.44. The minimum absolute atomic E-state index is 0.347. The lowest BCUT2D eigenvalue weighted by atomic mass is 10.1. The van der Waals surface area contributed by atoms with Gasteiger partial charge in [0.2, 0.25) is 0 Å². The molecule has 3 rings (SSSR count). The molecule has 2 aromatic heterocycles. The van der Waals surface area contributed by atoms with Gasteiger partial charge in [-0.2, -0.15) is 0 Å². The second-order valence-corrected chi connectivity index (χ2v) is 5.07. The first-order chi connectivity index (χ1) is 10.2. The molecule has 0 spiro atoms. The number of hydrogen-bond acceptors (Lipinski definition) is 3. The number of rotatable bonds is 3. The largest absolute Gasteiger partial charge is 0.465 e. The fourth-order valence-electron chi connectivity index (χ4n) is 2.28. The molecule has 0 unspecified atom stereocenters. The predicted octanol–water partition coefficient (Wildman–Crippen LogP) is 3.02. The summed E-state index contributed by atoms with van der Waals surface area (Å²) in [6, 6.07) is 11.9. The number of hydrogen-bond donors (Lipinski definition) is 0. The van der Waals surface area contributed by atoms with E-state index in [2.05, 4.69) is 36.2 Å². The quantitative estimate of drug-likeness (QED) is 0.693. The zero-order chi connectivity index (χ0) is 14.8. The molecule has 106 valence electrons. The lowest BCUT2D eigenvalue weighted by Gasteiger charge is -1.98. The summed E-state index contributed by atoms with van der Waals surface area (Å²) < 4.78 is 6.64. The lowest BCUT2D eigenvalue weighted by molar-refractivity contribution is 0.0600. The second kappa shape index (κ2) is 5.40. The van der Waals surface area contributed by atoms with Crippen LogP contribution in [0.15, 0.2) is 48.8 Å². The van der Waals surface area contributed by atoms with Crippen molar-refractivity contribution < 1.29 is 9.53 Å². The first kappa shape index (κ1) is 13.4. The van der Waals surface area contributed by atoms with Gasteiger partial charge in [0.15, 0.2) is 0 Å². The van der Waals surface area contributed by atoms with Gasteiger partial charge in [0.05, 0.1) is 18.4 Å². The molecule has 0 atom stereocenters. The summed E-state index contributed by atoms with van der Waals surface area (Å²) in [7, 11) is 1.38. The molecule has 2 heterocycles. The first-order valence-corrected chi connectivity index (χ1v) is 6.77. The van der Waals surface area contributed by atoms with Crippen molar-refractivity contribution >= 4 is 11.6 Å². The van der Waals surface area contributed by atoms with Crippen LogP contribution in [0, 0.1) is 6.92 Å². The third-order valence-electron chi connectivity index (χ3n) is 3.44. The number of carbonyl (C=O) groups excluding carboxylic acids is 1. The average molecular weight is 280 g/mol. The molecule has 0 N–H and O–H groups in total. The lowest BCUT2D eigenvalue weighted by Crippen LogP contribution is -2.01. The van der Waals surface area contributed by atoms with Gasteiger partial charge in [0.1, 0.15) is 5.65 Å². The van der Waals surface area contributed by atoms with E-state index in [0.717, 1.165) is 17.8 Å². The van der Waals surface area contributed by atoms with Crippen molar-refractivity contribution in [3.05, 3.63) is 71.2 Å². The minimum atomic E-state index is -0.347. The number of fused-ring (bicyclic) bond motifs is 1. The topological polar surface area (TPSA) is 43.6 Å². The number of aryl methyl sites for hydroxylation is 1. The Labute approximate surface area is 123 Å². The van der Waals surface area contributed by atoms with E-state index in [1.807, 2.05) is 16.8 Å². The molecule has 4 nitrogen and oxygen atoms in total. The molecular formula is C17H16N2O2. The van der Waals surface area contributed by atoms with E-state index in [9.17, 15) is 4.79 Å². The van der Waals surface area contributed by atoms with Crippen LogP contribution in [0.3, 0.4) is 0 Å². The van der Waals surface area contributed by atoms with Gasteiger partial charge in [-0.25, -0.2) is 9.78 Å². The highest BCUT2D eigenvalue weighted by molar-refractivity contribution is 5.90. The summed E-state index contributed by atoms with van der Waals surface area (Å²) in [6.07, 6.45) is 4.58. The third-order valence-corrected chi connectivity index (χ3v) is 3.44. The number of benzene rings is 1. The van der Waals surface area contributed by atoms with E-state index in [1.54, 1.807) is 12.1 Å². The molecule has 0 fully saturated rings. The summed E-state index contributed by atoms with van der Waals surface area (Å²) in [6.45, 7) is 2.07. The van der Waals surface area contributed by atoms with Crippen LogP contribution in [-0.2, 0) is 11.2 Å². The smallest absolute Gasteiger partial charge is 0.338 e. The number of esters is 1. The van der Waals surface area contributed by atoms with Crippen LogP contribution in [0.2, 0.25) is 0 Å². The monoisotopic (exact) mass is 280 g/mol. The number of pyridine rings is 1. The molecule has 0 saturated heterocycles. The molecular weight excluding hydrogens is 264 g/mol. The van der Waals surface area contributed by atoms with Crippen molar-refractivity contribution in [2.24, 2.45) is 0 Å². The molecule has 0 aliphatic heterocycles. The Morgan fingerprint density at radius 2 is 2.00 bits per heavy atom. The summed E-state index contributed by atoms with van der Waals surface area (Å²) in [5.41, 5.74) is 4.70. The van der Waals surface area contributed by atoms with E-state index in [0.29, 0.717) is 5.56 Å². The molecule has 21 heavy (non-hydrogen) atoms. The third kappa shape index (κ3) is 2.79. The zero-order valence-electron chi connectivity index (χ0n) is 12.0. The highest BCUT2D eigenvalue weighted by Crippen LogP contribution is 2.13. The number of nitrogens with zero attached hydrogens (tertiary/aromatic N) is 2. The van der Waals surface area contributed by atoms with Gasteiger partial charge in [-0.15, -0.1) is 0 Å². The normalized spacial score (nSPS) is 10.8. The molecule has 0 bridgehead atoms. The number of methoxy groups -OCH3 is 1. The standard InChI is InChI=1S/C17H16N2O2/c1-12-3-5-13(6-4-12)9-15-11-19-8-7-14(17(20)21-2)10-16(19)18-15/h3-8,10-11H,9H2,1-2H3. The van der Waals surface area contributed by atoms with Crippen molar-refractivity contribution in [3.63, 3.8) is 0 Å². The molecule has 0 radical (unpaired) electrons. The van der Waals surface area contributed by atoms with E-state index in [4.69, 9.17) is 4.74 Å². The van der Waals surface area contributed by atoms with E-state index < -0.39 is 0 Å². The van der Waals surface area contributed by atoms with E-state index in [-0.39, 0.29) is 5.97 Å². The maximum absolute atomic E-state index is 11.5. The van der Waals surface area contributed by atoms with Crippen molar-refractivity contribution in [1.29, 1.82) is 0 Å². The van der Waals surface area contributed by atoms with Crippen molar-refractivity contribution in [2.45, 2.75) is 13.3 Å². The Morgan fingerprint density at radius 1 is 1.24 bits per heavy atom. The molecule has 0 amide bonds. The van der Waals surface area contributed by atoms with Crippen LogP contribution in [0.1, 0.15) is 27.2 Å². The van der Waals surface area contributed by atoms with Gasteiger partial charge in [-0.1, -0.05) is 29.8 Å². The second-order valence-electron chi connectivity index (χ2n) is 5.07. The molecule has 4 heteroatoms. The van der Waals surface area contributed by atoms with Gasteiger partial charge < -0.3 is 9.14 Å². The zero-order valence-corrected chi connectivity index (χ0v) is 12.0. The summed E-state index contributed by atoms with van der Waals surface area (Å²) in [5, 5.41) is 0. The summed E-state index contributed by atoms with van der Waals surface area (Å²) in [4.78, 5) is 16.1. The maximum atomic E-state index is 11.5. The highest BCUT2D eigenvalue weighted by atomic mass is 16.5. The predicted molar refractivity (Wildman–Crippen MR) is 80.5 cm³/mol. The number of imidazole rings is 1. The molecule has 1 aromatic carbocycles. The number of aromatic nitrogens is 2. The van der Waals surface area contributed by atoms with E-state index >= 15 is 0 Å². The fraction of sp³-hybridized carbons (Fsp3) is 0.176. The van der Waals surface area contributed by atoms with Crippen molar-refractivity contribution in [2.75, 3.05) is 7.11 Å². The van der Waals surface area contributed by atoms with Crippen LogP contribution in [0.25, 0.3) is 5.65 Å². The highest BCUT2D eigenvalue weighted by Gasteiger charge is 2.08. The SMILES string of the molecule is COC(=O)c1ccn2cc(Cc3ccc(C)cc3)nc2c1. The Balaban J connectivity index is 1.90. The van der Waals surface area contributed by atoms with Crippen molar-refractivity contribution in [3.8, 4) is 0 Å². The Hall–Kier alpha value is -2.62. The van der Waals surface area contributed by atoms with Crippen LogP contribution in [0.4, 0.5) is 0 Å². The van der Waals surface area contributed by atoms with Crippen LogP contribution in [0.5, 0.6) is 0 Å². The fourth-order valence-corrected chi connectivity index (χ4v) is 2.28. The van der Waals surface area contributed by atoms with Crippen molar-refractivity contribution in [1.82, 2.24) is 9.38 Å². The Morgan fingerprint density at radius 3 is 2.71 bits per heavy atom. The number of ether oxygens (including phenoxy) is 1. The molecule has 0 saturated carbocycles. The van der Waals surface area contributed by atoms with Gasteiger partial charge in [-0.05, 0) is 24.6 Å². The van der Waals surface area contributed by atoms with Crippen LogP contribution in [-0.4, -0.2) is 22.5 Å². The maximum Gasteiger partial charge on any atom is 0.338 e. The first-order valence-electron chi connectivity index (χ1n) is 6.77. The van der Waals surface area contributed by atoms with Gasteiger partial charge >= 0.3 is 5.97 Å². The van der Waals surface area contributed by atoms with Crippen LogP contribution < -0.4 is 0 Å². The van der Waals surface area contributed by atoms with E-state index in [1.165, 1.54) is 18.2 Å². The Bertz CT molecular complexity index is 788. The summed E-state index contributed by atoms with van der Waals surface area (Å²) in [5.74, 6) is -0.347. The van der Waals surface area contributed by atoms with Gasteiger partial charge in [-0.3, -0.25) is 0 Å². The molecule has 3 aromatic rings. The van der Waals surface area contributed by atoms with Crippen LogP contribution >= 0.6 is 0 Å². The number of carbonyl (C=O) groups is 1. The van der Waals surface area contributed by atoms with Gasteiger partial charge in [0.25, 0.3) is 0 Å². The molecule has 0 aliphatic carbocycles. The van der Waals surface area contributed by atoms with Gasteiger partial charge in [0, 0.05) is 18.8 Å². The summed E-state index contributed by atoms with van der Waals surface area (Å²) >= 11 is 0. The minimum Gasteiger partial charge on any atom is -0.465 e. The molecule has 0 aliphatic rings.